The second kappa shape index (κ2) is 4.56. The third-order valence-corrected chi connectivity index (χ3v) is 4.23. The molecule has 1 aromatic carbocycles. The van der Waals surface area contributed by atoms with Gasteiger partial charge in [0.2, 0.25) is 0 Å². The molecule has 4 rings (SSSR count). The van der Waals surface area contributed by atoms with Gasteiger partial charge >= 0.3 is 6.03 Å². The largest absolute Gasteiger partial charge is 0.381 e. The maximum absolute atomic E-state index is 12.3. The van der Waals surface area contributed by atoms with Gasteiger partial charge in [0.05, 0.1) is 5.69 Å². The summed E-state index contributed by atoms with van der Waals surface area (Å²) in [6.45, 7) is 1.43. The molecule has 3 heterocycles. The van der Waals surface area contributed by atoms with Crippen molar-refractivity contribution in [2.45, 2.75) is 31.1 Å². The van der Waals surface area contributed by atoms with E-state index < -0.39 is 0 Å². The van der Waals surface area contributed by atoms with Crippen LogP contribution < -0.4 is 5.32 Å². The molecule has 1 N–H and O–H groups in total. The van der Waals surface area contributed by atoms with Crippen molar-refractivity contribution in [1.82, 2.24) is 10.2 Å². The molecule has 0 aromatic heterocycles. The number of rotatable bonds is 1. The second-order valence-electron chi connectivity index (χ2n) is 5.36. The fourth-order valence-electron chi connectivity index (χ4n) is 3.28. The lowest BCUT2D eigenvalue weighted by Gasteiger charge is -2.36. The topological polar surface area (TPSA) is 66.3 Å². The first-order chi connectivity index (χ1) is 9.84. The van der Waals surface area contributed by atoms with Crippen LogP contribution in [-0.4, -0.2) is 36.4 Å². The Morgan fingerprint density at radius 2 is 2.05 bits per heavy atom. The van der Waals surface area contributed by atoms with Gasteiger partial charge in [-0.3, -0.25) is 0 Å². The fourth-order valence-corrected chi connectivity index (χ4v) is 3.28. The van der Waals surface area contributed by atoms with Crippen molar-refractivity contribution in [2.75, 3.05) is 13.2 Å². The van der Waals surface area contributed by atoms with Gasteiger partial charge in [-0.2, -0.15) is 10.2 Å². The number of carbonyl (C=O) groups excluding carboxylic acids is 1. The van der Waals surface area contributed by atoms with E-state index in [-0.39, 0.29) is 24.3 Å². The van der Waals surface area contributed by atoms with E-state index in [1.807, 2.05) is 29.2 Å². The number of ether oxygens (including phenoxy) is 1. The molecule has 6 nitrogen and oxygen atoms in total. The van der Waals surface area contributed by atoms with E-state index in [0.717, 1.165) is 37.3 Å². The van der Waals surface area contributed by atoms with Gasteiger partial charge in [-0.15, -0.1) is 0 Å². The molecule has 2 unspecified atom stereocenters. The Bertz CT molecular complexity index is 568. The Morgan fingerprint density at radius 3 is 2.90 bits per heavy atom. The van der Waals surface area contributed by atoms with Crippen molar-refractivity contribution in [1.29, 1.82) is 0 Å². The SMILES string of the molecule is O=C1NC2N=Nc3ccccc3C2N1C1CCOCC1. The van der Waals surface area contributed by atoms with Crippen LogP contribution in [0.2, 0.25) is 0 Å². The van der Waals surface area contributed by atoms with Gasteiger partial charge in [0.1, 0.15) is 6.04 Å². The maximum Gasteiger partial charge on any atom is 0.320 e. The van der Waals surface area contributed by atoms with E-state index in [9.17, 15) is 4.79 Å². The summed E-state index contributed by atoms with van der Waals surface area (Å²) >= 11 is 0. The maximum atomic E-state index is 12.3. The highest BCUT2D eigenvalue weighted by Crippen LogP contribution is 2.41. The summed E-state index contributed by atoms with van der Waals surface area (Å²) < 4.78 is 5.40. The monoisotopic (exact) mass is 272 g/mol. The molecule has 6 heteroatoms. The van der Waals surface area contributed by atoms with Gasteiger partial charge in [-0.25, -0.2) is 4.79 Å². The molecule has 2 atom stereocenters. The lowest BCUT2D eigenvalue weighted by atomic mass is 9.97. The number of amides is 2. The molecule has 3 aliphatic heterocycles. The van der Waals surface area contributed by atoms with Crippen LogP contribution in [0.1, 0.15) is 24.4 Å². The number of hydrogen-bond donors (Lipinski definition) is 1. The summed E-state index contributed by atoms with van der Waals surface area (Å²) in [7, 11) is 0. The van der Waals surface area contributed by atoms with Crippen molar-refractivity contribution in [3.63, 3.8) is 0 Å². The number of urea groups is 1. The number of fused-ring (bicyclic) bond motifs is 3. The lowest BCUT2D eigenvalue weighted by Crippen LogP contribution is -2.42. The van der Waals surface area contributed by atoms with Gasteiger partial charge in [-0.05, 0) is 18.9 Å². The molecule has 20 heavy (non-hydrogen) atoms. The highest BCUT2D eigenvalue weighted by atomic mass is 16.5. The zero-order chi connectivity index (χ0) is 13.5. The first-order valence-electron chi connectivity index (χ1n) is 7.01. The molecule has 1 aromatic rings. The standard InChI is InChI=1S/C14H16N4O2/c19-14-15-13-12(18(14)9-5-7-20-8-6-9)10-3-1-2-4-11(10)16-17-13/h1-4,9,12-13H,5-8H2,(H,15,19). The summed E-state index contributed by atoms with van der Waals surface area (Å²) in [6.07, 6.45) is 1.51. The van der Waals surface area contributed by atoms with Gasteiger partial charge in [0.25, 0.3) is 0 Å². The Morgan fingerprint density at radius 1 is 1.25 bits per heavy atom. The third-order valence-electron chi connectivity index (χ3n) is 4.23. The fraction of sp³-hybridized carbons (Fsp3) is 0.500. The number of benzene rings is 1. The van der Waals surface area contributed by atoms with Crippen molar-refractivity contribution in [3.05, 3.63) is 29.8 Å². The summed E-state index contributed by atoms with van der Waals surface area (Å²) in [5, 5.41) is 11.4. The Hall–Kier alpha value is -1.95. The average molecular weight is 272 g/mol. The smallest absolute Gasteiger partial charge is 0.320 e. The van der Waals surface area contributed by atoms with Crippen LogP contribution in [-0.2, 0) is 4.74 Å². The zero-order valence-electron chi connectivity index (χ0n) is 11.0. The van der Waals surface area contributed by atoms with E-state index >= 15 is 0 Å². The van der Waals surface area contributed by atoms with Gasteiger partial charge in [0, 0.05) is 24.8 Å². The van der Waals surface area contributed by atoms with Crippen LogP contribution in [0.4, 0.5) is 10.5 Å². The Kier molecular flexibility index (Phi) is 2.70. The highest BCUT2D eigenvalue weighted by molar-refractivity contribution is 5.79. The van der Waals surface area contributed by atoms with Crippen LogP contribution >= 0.6 is 0 Å². The first-order valence-corrected chi connectivity index (χ1v) is 7.01. The Labute approximate surface area is 116 Å². The van der Waals surface area contributed by atoms with Crippen molar-refractivity contribution in [2.24, 2.45) is 10.2 Å². The lowest BCUT2D eigenvalue weighted by molar-refractivity contribution is 0.0395. The predicted octanol–water partition coefficient (Wildman–Crippen LogP) is 2.36. The third kappa shape index (κ3) is 1.71. The predicted molar refractivity (Wildman–Crippen MR) is 71.7 cm³/mol. The number of carbonyl (C=O) groups is 1. The molecule has 0 bridgehead atoms. The average Bonchev–Trinajstić information content (AvgIpc) is 2.84. The minimum atomic E-state index is -0.264. The molecule has 2 saturated heterocycles. The number of nitrogens with one attached hydrogen (secondary N) is 1. The molecular weight excluding hydrogens is 256 g/mol. The molecule has 2 amide bonds. The number of azo groups is 1. The Balaban J connectivity index is 1.73. The van der Waals surface area contributed by atoms with Crippen LogP contribution in [0.15, 0.2) is 34.5 Å². The van der Waals surface area contributed by atoms with Crippen LogP contribution in [0.25, 0.3) is 0 Å². The summed E-state index contributed by atoms with van der Waals surface area (Å²) in [5.41, 5.74) is 1.94. The van der Waals surface area contributed by atoms with Crippen molar-refractivity contribution >= 4 is 11.7 Å². The molecule has 0 saturated carbocycles. The van der Waals surface area contributed by atoms with Gasteiger partial charge in [-0.1, -0.05) is 18.2 Å². The molecule has 104 valence electrons. The van der Waals surface area contributed by atoms with E-state index in [1.54, 1.807) is 0 Å². The number of nitrogens with zero attached hydrogens (tertiary/aromatic N) is 3. The summed E-state index contributed by atoms with van der Waals surface area (Å²) in [6, 6.07) is 8.06. The van der Waals surface area contributed by atoms with E-state index in [4.69, 9.17) is 4.74 Å². The van der Waals surface area contributed by atoms with Crippen LogP contribution in [0.5, 0.6) is 0 Å². The van der Waals surface area contributed by atoms with Gasteiger partial charge < -0.3 is 15.0 Å². The molecule has 0 aliphatic carbocycles. The van der Waals surface area contributed by atoms with E-state index in [1.165, 1.54) is 0 Å². The second-order valence-corrected chi connectivity index (χ2v) is 5.36. The molecular formula is C14H16N4O2. The first kappa shape index (κ1) is 11.8. The number of hydrogen-bond acceptors (Lipinski definition) is 4. The van der Waals surface area contributed by atoms with Crippen LogP contribution in [0, 0.1) is 0 Å². The van der Waals surface area contributed by atoms with Gasteiger partial charge in [0.15, 0.2) is 6.17 Å². The molecule has 3 aliphatic rings. The van der Waals surface area contributed by atoms with Crippen molar-refractivity contribution < 1.29 is 9.53 Å². The van der Waals surface area contributed by atoms with E-state index in [2.05, 4.69) is 15.5 Å². The minimum Gasteiger partial charge on any atom is -0.381 e. The normalized spacial score (nSPS) is 29.0. The molecule has 0 spiro atoms. The van der Waals surface area contributed by atoms with Crippen LogP contribution in [0.3, 0.4) is 0 Å². The minimum absolute atomic E-state index is 0.0393. The van der Waals surface area contributed by atoms with Crippen molar-refractivity contribution in [3.8, 4) is 0 Å². The molecule has 0 radical (unpaired) electrons. The highest BCUT2D eigenvalue weighted by Gasteiger charge is 2.46. The quantitative estimate of drug-likeness (QED) is 0.852. The van der Waals surface area contributed by atoms with E-state index in [0.29, 0.717) is 0 Å². The summed E-state index contributed by atoms with van der Waals surface area (Å²) in [5.74, 6) is 0. The molecule has 2 fully saturated rings. The zero-order valence-corrected chi connectivity index (χ0v) is 11.0. The summed E-state index contributed by atoms with van der Waals surface area (Å²) in [4.78, 5) is 14.3.